The van der Waals surface area contributed by atoms with Crippen LogP contribution in [0, 0.1) is 0 Å². The van der Waals surface area contributed by atoms with Gasteiger partial charge in [-0.2, -0.15) is 0 Å². The van der Waals surface area contributed by atoms with Crippen LogP contribution in [0.25, 0.3) is 6.08 Å². The van der Waals surface area contributed by atoms with Gasteiger partial charge in [0.2, 0.25) is 0 Å². The lowest BCUT2D eigenvalue weighted by Crippen LogP contribution is -2.41. The van der Waals surface area contributed by atoms with E-state index < -0.39 is 35.5 Å². The number of rotatable bonds is 7. The summed E-state index contributed by atoms with van der Waals surface area (Å²) < 4.78 is 34.7. The van der Waals surface area contributed by atoms with Crippen LogP contribution in [0.5, 0.6) is 0 Å². The molecule has 0 spiro atoms. The van der Waals surface area contributed by atoms with E-state index in [2.05, 4.69) is 5.48 Å². The molecule has 1 aromatic heterocycles. The number of aromatic nitrogens is 1. The third kappa shape index (κ3) is 5.27. The Morgan fingerprint density at radius 2 is 1.83 bits per heavy atom. The zero-order valence-electron chi connectivity index (χ0n) is 17.3. The third-order valence-electron chi connectivity index (χ3n) is 5.21. The van der Waals surface area contributed by atoms with Gasteiger partial charge in [0.1, 0.15) is 0 Å². The van der Waals surface area contributed by atoms with Crippen LogP contribution in [0.4, 0.5) is 0 Å². The van der Waals surface area contributed by atoms with Crippen LogP contribution < -0.4 is 10.9 Å². The summed E-state index contributed by atoms with van der Waals surface area (Å²) in [5.41, 5.74) is 3.88. The molecule has 30 heavy (non-hydrogen) atoms. The topological polar surface area (TPSA) is 102 Å². The highest BCUT2D eigenvalue weighted by Crippen LogP contribution is 2.36. The molecule has 1 aromatic carbocycles. The van der Waals surface area contributed by atoms with E-state index in [1.807, 2.05) is 52.0 Å². The maximum atomic E-state index is 11.8. The van der Waals surface area contributed by atoms with E-state index in [0.717, 1.165) is 15.0 Å². The fourth-order valence-electron chi connectivity index (χ4n) is 2.73. The van der Waals surface area contributed by atoms with Crippen molar-refractivity contribution in [2.75, 3.05) is 0 Å². The number of benzene rings is 1. The lowest BCUT2D eigenvalue weighted by Gasteiger charge is -2.32. The Labute approximate surface area is 178 Å². The van der Waals surface area contributed by atoms with Gasteiger partial charge in [0.25, 0.3) is 5.91 Å². The number of carbonyl (C=O) groups excluding carboxylic acids is 1. The van der Waals surface area contributed by atoms with Crippen molar-refractivity contribution >= 4 is 35.8 Å². The Morgan fingerprint density at radius 1 is 1.20 bits per heavy atom. The highest BCUT2D eigenvalue weighted by Gasteiger charge is 2.51. The molecule has 2 aromatic rings. The van der Waals surface area contributed by atoms with Gasteiger partial charge in [0, 0.05) is 18.5 Å². The number of carbonyl (C=O) groups is 1. The Bertz CT molecular complexity index is 938. The number of hydrogen-bond acceptors (Lipinski definition) is 6. The number of amides is 1. The minimum Gasteiger partial charge on any atom is -0.755 e. The van der Waals surface area contributed by atoms with Gasteiger partial charge in [0.05, 0.1) is 29.1 Å². The van der Waals surface area contributed by atoms with Crippen LogP contribution in [0.2, 0.25) is 0 Å². The molecule has 3 rings (SSSR count). The third-order valence-corrected chi connectivity index (χ3v) is 5.78. The lowest BCUT2D eigenvalue weighted by molar-refractivity contribution is -0.129. The van der Waals surface area contributed by atoms with Gasteiger partial charge < -0.3 is 13.9 Å². The largest absolute Gasteiger partial charge is 0.755 e. The summed E-state index contributed by atoms with van der Waals surface area (Å²) in [7, 11) is -0.427. The minimum absolute atomic E-state index is 0.189. The molecule has 1 atom stereocenters. The second-order valence-corrected chi connectivity index (χ2v) is 8.80. The maximum absolute atomic E-state index is 11.8. The summed E-state index contributed by atoms with van der Waals surface area (Å²) in [5, 5.41) is 0. The lowest BCUT2D eigenvalue weighted by atomic mass is 9.79. The van der Waals surface area contributed by atoms with Gasteiger partial charge in [-0.25, -0.2) is 5.48 Å². The molecule has 1 aliphatic rings. The van der Waals surface area contributed by atoms with Gasteiger partial charge in [-0.3, -0.25) is 17.8 Å². The molecule has 1 amide bonds. The number of hydrogen-bond donors (Lipinski definition) is 1. The van der Waals surface area contributed by atoms with Gasteiger partial charge in [-0.05, 0) is 56.4 Å². The summed E-state index contributed by atoms with van der Waals surface area (Å²) in [6, 6.07) is 9.16. The van der Waals surface area contributed by atoms with E-state index in [4.69, 9.17) is 14.1 Å². The first kappa shape index (κ1) is 22.5. The van der Waals surface area contributed by atoms with Crippen LogP contribution in [-0.4, -0.2) is 37.0 Å². The molecule has 1 N–H and O–H groups in total. The molecule has 0 radical (unpaired) electrons. The minimum atomic E-state index is -2.37. The van der Waals surface area contributed by atoms with E-state index in [1.54, 1.807) is 6.07 Å². The molecule has 2 heterocycles. The highest BCUT2D eigenvalue weighted by atomic mass is 32.2. The first-order chi connectivity index (χ1) is 14.1. The molecule has 160 valence electrons. The summed E-state index contributed by atoms with van der Waals surface area (Å²) in [6.45, 7) is 8.22. The van der Waals surface area contributed by atoms with Crippen LogP contribution in [0.15, 0.2) is 48.8 Å². The van der Waals surface area contributed by atoms with Gasteiger partial charge in [0.15, 0.2) is 0 Å². The van der Waals surface area contributed by atoms with Crippen molar-refractivity contribution < 1.29 is 27.7 Å². The zero-order chi connectivity index (χ0) is 21.9. The van der Waals surface area contributed by atoms with Crippen LogP contribution in [-0.2, 0) is 36.8 Å². The monoisotopic (exact) mass is 431 g/mol. The van der Waals surface area contributed by atoms with Crippen molar-refractivity contribution in [3.63, 3.8) is 0 Å². The van der Waals surface area contributed by atoms with Crippen molar-refractivity contribution in [1.82, 2.24) is 9.45 Å². The first-order valence-corrected chi connectivity index (χ1v) is 10.4. The van der Waals surface area contributed by atoms with E-state index in [-0.39, 0.29) is 6.61 Å². The van der Waals surface area contributed by atoms with Crippen molar-refractivity contribution in [3.05, 3.63) is 59.9 Å². The Hall–Kier alpha value is -2.24. The standard InChI is InChI=1S/C20H25BN2O6S/c1-19(2)20(3,4)29-21(28-19)17-8-5-16(6-9-17)14-27-22-18(24)10-7-15-11-12-23(13-15)30(25)26/h5-13H,14H2,1-4H3,(H,22,24)(H,25,26)/p-1/b10-7+. The van der Waals surface area contributed by atoms with Crippen molar-refractivity contribution in [3.8, 4) is 0 Å². The number of hydroxylamine groups is 1. The van der Waals surface area contributed by atoms with Gasteiger partial charge in [-0.15, -0.1) is 0 Å². The van der Waals surface area contributed by atoms with Crippen molar-refractivity contribution in [2.24, 2.45) is 0 Å². The van der Waals surface area contributed by atoms with E-state index in [1.165, 1.54) is 24.5 Å². The van der Waals surface area contributed by atoms with Crippen molar-refractivity contribution in [2.45, 2.75) is 45.5 Å². The normalized spacial score (nSPS) is 18.6. The number of nitrogens with zero attached hydrogens (tertiary/aromatic N) is 1. The molecular formula is C20H24BN2O6S-. The average molecular weight is 431 g/mol. The molecule has 1 saturated heterocycles. The maximum Gasteiger partial charge on any atom is 0.494 e. The fraction of sp³-hybridized carbons (Fsp3) is 0.350. The van der Waals surface area contributed by atoms with Crippen LogP contribution in [0.3, 0.4) is 0 Å². The second kappa shape index (κ2) is 8.87. The van der Waals surface area contributed by atoms with E-state index in [0.29, 0.717) is 5.56 Å². The molecule has 0 saturated carbocycles. The first-order valence-electron chi connectivity index (χ1n) is 9.39. The smallest absolute Gasteiger partial charge is 0.494 e. The van der Waals surface area contributed by atoms with Gasteiger partial charge >= 0.3 is 7.12 Å². The van der Waals surface area contributed by atoms with Crippen molar-refractivity contribution in [1.29, 1.82) is 0 Å². The molecule has 10 heteroatoms. The van der Waals surface area contributed by atoms with Crippen LogP contribution in [0.1, 0.15) is 38.8 Å². The summed E-state index contributed by atoms with van der Waals surface area (Å²) in [6.07, 6.45) is 5.51. The zero-order valence-corrected chi connectivity index (χ0v) is 18.1. The molecule has 1 aliphatic heterocycles. The predicted molar refractivity (Wildman–Crippen MR) is 113 cm³/mol. The molecular weight excluding hydrogens is 407 g/mol. The number of nitrogens with one attached hydrogen (secondary N) is 1. The Kier molecular flexibility index (Phi) is 6.64. The molecule has 8 nitrogen and oxygen atoms in total. The summed E-state index contributed by atoms with van der Waals surface area (Å²) in [4.78, 5) is 17.0. The molecule has 1 unspecified atom stereocenters. The Balaban J connectivity index is 1.47. The highest BCUT2D eigenvalue weighted by molar-refractivity contribution is 7.77. The van der Waals surface area contributed by atoms with Gasteiger partial charge in [-0.1, -0.05) is 24.3 Å². The Morgan fingerprint density at radius 3 is 2.40 bits per heavy atom. The van der Waals surface area contributed by atoms with Crippen LogP contribution >= 0.6 is 0 Å². The molecule has 0 aliphatic carbocycles. The summed E-state index contributed by atoms with van der Waals surface area (Å²) in [5.74, 6) is -0.458. The SMILES string of the molecule is CC1(C)OB(c2ccc(CONC(=O)/C=C/c3ccn(S(=O)[O-])c3)cc2)OC1(C)C. The predicted octanol–water partition coefficient (Wildman–Crippen LogP) is 1.69. The van der Waals surface area contributed by atoms with E-state index >= 15 is 0 Å². The van der Waals surface area contributed by atoms with E-state index in [9.17, 15) is 13.6 Å². The second-order valence-electron chi connectivity index (χ2n) is 7.94. The molecule has 0 bridgehead atoms. The molecule has 1 fully saturated rings. The summed E-state index contributed by atoms with van der Waals surface area (Å²) >= 11 is -2.37. The fourth-order valence-corrected chi connectivity index (χ4v) is 3.10. The average Bonchev–Trinajstić information content (AvgIpc) is 3.23. The quantitative estimate of drug-likeness (QED) is 0.310.